The lowest BCUT2D eigenvalue weighted by molar-refractivity contribution is -0.145. The SMILES string of the molecule is COC(=O)C1CCN(CC(O)c2ccc(CN)cc2)C1. The Labute approximate surface area is 119 Å². The summed E-state index contributed by atoms with van der Waals surface area (Å²) in [6.45, 7) is 2.51. The summed E-state index contributed by atoms with van der Waals surface area (Å²) in [5.41, 5.74) is 7.48. The highest BCUT2D eigenvalue weighted by molar-refractivity contribution is 5.72. The van der Waals surface area contributed by atoms with E-state index in [1.807, 2.05) is 24.3 Å². The van der Waals surface area contributed by atoms with Crippen molar-refractivity contribution >= 4 is 5.97 Å². The number of nitrogens with two attached hydrogens (primary N) is 1. The molecule has 20 heavy (non-hydrogen) atoms. The molecule has 1 fully saturated rings. The Kier molecular flexibility index (Phi) is 5.11. The minimum Gasteiger partial charge on any atom is -0.469 e. The molecule has 2 rings (SSSR count). The van der Waals surface area contributed by atoms with Gasteiger partial charge in [0.25, 0.3) is 0 Å². The van der Waals surface area contributed by atoms with Crippen LogP contribution < -0.4 is 5.73 Å². The van der Waals surface area contributed by atoms with Gasteiger partial charge in [0.2, 0.25) is 0 Å². The normalized spacial score (nSPS) is 20.9. The summed E-state index contributed by atoms with van der Waals surface area (Å²) in [6, 6.07) is 7.67. The van der Waals surface area contributed by atoms with E-state index in [1.165, 1.54) is 7.11 Å². The lowest BCUT2D eigenvalue weighted by Gasteiger charge is -2.20. The van der Waals surface area contributed by atoms with Gasteiger partial charge in [-0.25, -0.2) is 0 Å². The van der Waals surface area contributed by atoms with Crippen LogP contribution in [0.5, 0.6) is 0 Å². The summed E-state index contributed by atoms with van der Waals surface area (Å²) in [5.74, 6) is -0.221. The molecule has 1 aliphatic rings. The van der Waals surface area contributed by atoms with Crippen molar-refractivity contribution in [3.05, 3.63) is 35.4 Å². The van der Waals surface area contributed by atoms with Crippen LogP contribution >= 0.6 is 0 Å². The molecule has 1 aromatic carbocycles. The second-order valence-electron chi connectivity index (χ2n) is 5.23. The Morgan fingerprint density at radius 2 is 2.20 bits per heavy atom. The maximum absolute atomic E-state index is 11.5. The molecule has 2 atom stereocenters. The second-order valence-corrected chi connectivity index (χ2v) is 5.23. The third-order valence-electron chi connectivity index (χ3n) is 3.84. The maximum Gasteiger partial charge on any atom is 0.310 e. The first-order valence-electron chi connectivity index (χ1n) is 6.91. The number of ether oxygens (including phenoxy) is 1. The smallest absolute Gasteiger partial charge is 0.310 e. The van der Waals surface area contributed by atoms with E-state index < -0.39 is 6.10 Å². The average molecular weight is 278 g/mol. The molecule has 0 aliphatic carbocycles. The van der Waals surface area contributed by atoms with Crippen molar-refractivity contribution in [2.75, 3.05) is 26.7 Å². The second kappa shape index (κ2) is 6.83. The standard InChI is InChI=1S/C15H22N2O3/c1-20-15(19)13-6-7-17(9-13)10-14(18)12-4-2-11(8-16)3-5-12/h2-5,13-14,18H,6-10,16H2,1H3. The molecule has 0 spiro atoms. The number of esters is 1. The van der Waals surface area contributed by atoms with Crippen molar-refractivity contribution in [3.63, 3.8) is 0 Å². The summed E-state index contributed by atoms with van der Waals surface area (Å²) in [7, 11) is 1.42. The Bertz CT molecular complexity index is 447. The summed E-state index contributed by atoms with van der Waals surface area (Å²) in [5, 5.41) is 10.2. The van der Waals surface area contributed by atoms with E-state index in [9.17, 15) is 9.90 Å². The number of β-amino-alcohol motifs (C(OH)–C–C–N with tert-alkyl or cyclic N) is 1. The predicted molar refractivity (Wildman–Crippen MR) is 75.9 cm³/mol. The number of nitrogens with zero attached hydrogens (tertiary/aromatic N) is 1. The number of hydrogen-bond donors (Lipinski definition) is 2. The highest BCUT2D eigenvalue weighted by Crippen LogP contribution is 2.21. The van der Waals surface area contributed by atoms with Crippen molar-refractivity contribution in [3.8, 4) is 0 Å². The van der Waals surface area contributed by atoms with Crippen LogP contribution in [0.25, 0.3) is 0 Å². The summed E-state index contributed by atoms with van der Waals surface area (Å²) in [6.07, 6.45) is 0.254. The Morgan fingerprint density at radius 1 is 1.50 bits per heavy atom. The molecule has 5 heteroatoms. The minimum atomic E-state index is -0.543. The van der Waals surface area contributed by atoms with Gasteiger partial charge in [-0.3, -0.25) is 9.69 Å². The fourth-order valence-electron chi connectivity index (χ4n) is 2.58. The van der Waals surface area contributed by atoms with E-state index in [4.69, 9.17) is 10.5 Å². The number of carbonyl (C=O) groups excluding carboxylic acids is 1. The van der Waals surface area contributed by atoms with Crippen LogP contribution in [0.15, 0.2) is 24.3 Å². The van der Waals surface area contributed by atoms with Gasteiger partial charge in [0.1, 0.15) is 0 Å². The zero-order valence-corrected chi connectivity index (χ0v) is 11.8. The van der Waals surface area contributed by atoms with Crippen molar-refractivity contribution < 1.29 is 14.6 Å². The van der Waals surface area contributed by atoms with Crippen molar-refractivity contribution in [2.24, 2.45) is 11.7 Å². The molecule has 2 unspecified atom stereocenters. The molecular weight excluding hydrogens is 256 g/mol. The zero-order chi connectivity index (χ0) is 14.5. The van der Waals surface area contributed by atoms with E-state index in [0.29, 0.717) is 19.6 Å². The maximum atomic E-state index is 11.5. The monoisotopic (exact) mass is 278 g/mol. The van der Waals surface area contributed by atoms with E-state index in [-0.39, 0.29) is 11.9 Å². The highest BCUT2D eigenvalue weighted by Gasteiger charge is 2.29. The number of likely N-dealkylation sites (tertiary alicyclic amines) is 1. The van der Waals surface area contributed by atoms with Crippen LogP contribution in [0.4, 0.5) is 0 Å². The highest BCUT2D eigenvalue weighted by atomic mass is 16.5. The number of aliphatic hydroxyl groups excluding tert-OH is 1. The summed E-state index contributed by atoms with van der Waals surface area (Å²) in [4.78, 5) is 13.6. The lowest BCUT2D eigenvalue weighted by atomic mass is 10.1. The molecule has 1 aromatic rings. The van der Waals surface area contributed by atoms with Gasteiger partial charge in [0, 0.05) is 19.6 Å². The fraction of sp³-hybridized carbons (Fsp3) is 0.533. The molecule has 0 radical (unpaired) electrons. The molecule has 5 nitrogen and oxygen atoms in total. The average Bonchev–Trinajstić information content (AvgIpc) is 2.95. The summed E-state index contributed by atoms with van der Waals surface area (Å²) >= 11 is 0. The van der Waals surface area contributed by atoms with E-state index in [2.05, 4.69) is 4.90 Å². The van der Waals surface area contributed by atoms with Crippen LogP contribution in [0.2, 0.25) is 0 Å². The van der Waals surface area contributed by atoms with Gasteiger partial charge >= 0.3 is 5.97 Å². The van der Waals surface area contributed by atoms with Crippen LogP contribution in [0, 0.1) is 5.92 Å². The third-order valence-corrected chi connectivity index (χ3v) is 3.84. The number of aliphatic hydroxyl groups is 1. The molecule has 3 N–H and O–H groups in total. The van der Waals surface area contributed by atoms with Gasteiger partial charge < -0.3 is 15.6 Å². The van der Waals surface area contributed by atoms with Gasteiger partial charge in [-0.15, -0.1) is 0 Å². The predicted octanol–water partition coefficient (Wildman–Crippen LogP) is 0.674. The van der Waals surface area contributed by atoms with Gasteiger partial charge in [-0.05, 0) is 24.1 Å². The summed E-state index contributed by atoms with van der Waals surface area (Å²) < 4.78 is 4.76. The first kappa shape index (κ1) is 15.0. The molecule has 1 saturated heterocycles. The van der Waals surface area contributed by atoms with Gasteiger partial charge in [-0.2, -0.15) is 0 Å². The van der Waals surface area contributed by atoms with Crippen molar-refractivity contribution in [1.82, 2.24) is 4.90 Å². The van der Waals surface area contributed by atoms with Crippen LogP contribution in [0.3, 0.4) is 0 Å². The van der Waals surface area contributed by atoms with Gasteiger partial charge in [-0.1, -0.05) is 24.3 Å². The molecule has 0 bridgehead atoms. The van der Waals surface area contributed by atoms with Gasteiger partial charge in [0.15, 0.2) is 0 Å². The Hall–Kier alpha value is -1.43. The zero-order valence-electron chi connectivity index (χ0n) is 11.8. The van der Waals surface area contributed by atoms with E-state index in [1.54, 1.807) is 0 Å². The molecule has 1 aliphatic heterocycles. The quantitative estimate of drug-likeness (QED) is 0.774. The van der Waals surface area contributed by atoms with Crippen LogP contribution in [-0.2, 0) is 16.1 Å². The van der Waals surface area contributed by atoms with Crippen molar-refractivity contribution in [2.45, 2.75) is 19.1 Å². The number of hydrogen-bond acceptors (Lipinski definition) is 5. The molecule has 110 valence electrons. The molecule has 1 heterocycles. The van der Waals surface area contributed by atoms with Crippen LogP contribution in [0.1, 0.15) is 23.7 Å². The van der Waals surface area contributed by atoms with E-state index >= 15 is 0 Å². The molecule has 0 aromatic heterocycles. The van der Waals surface area contributed by atoms with E-state index in [0.717, 1.165) is 24.1 Å². The molecule has 0 amide bonds. The Morgan fingerprint density at radius 3 is 2.80 bits per heavy atom. The van der Waals surface area contributed by atoms with Crippen LogP contribution in [-0.4, -0.2) is 42.7 Å². The topological polar surface area (TPSA) is 75.8 Å². The van der Waals surface area contributed by atoms with Gasteiger partial charge in [0.05, 0.1) is 19.1 Å². The lowest BCUT2D eigenvalue weighted by Crippen LogP contribution is -2.28. The first-order chi connectivity index (χ1) is 9.63. The molecule has 0 saturated carbocycles. The first-order valence-corrected chi connectivity index (χ1v) is 6.91. The minimum absolute atomic E-state index is 0.0631. The molecular formula is C15H22N2O3. The fourth-order valence-corrected chi connectivity index (χ4v) is 2.58. The number of benzene rings is 1. The third kappa shape index (κ3) is 3.56. The number of carbonyl (C=O) groups is 1. The number of methoxy groups -OCH3 is 1. The Balaban J connectivity index is 1.88. The van der Waals surface area contributed by atoms with Crippen molar-refractivity contribution in [1.29, 1.82) is 0 Å². The number of rotatable bonds is 5. The largest absolute Gasteiger partial charge is 0.469 e.